The first-order valence-corrected chi connectivity index (χ1v) is 33.9. The van der Waals surface area contributed by atoms with Gasteiger partial charge >= 0.3 is 11.4 Å². The van der Waals surface area contributed by atoms with Crippen molar-refractivity contribution in [2.75, 3.05) is 49.4 Å². The van der Waals surface area contributed by atoms with Gasteiger partial charge in [-0.15, -0.1) is 0 Å². The van der Waals surface area contributed by atoms with Gasteiger partial charge in [-0.2, -0.15) is 9.97 Å². The topological polar surface area (TPSA) is 515 Å². The zero-order chi connectivity index (χ0) is 73.2. The molecule has 98 heavy (non-hydrogen) atoms. The fourth-order valence-electron chi connectivity index (χ4n) is 11.9. The summed E-state index contributed by atoms with van der Waals surface area (Å²) in [6.45, 7) is 20.0. The molecule has 18 unspecified atom stereocenters. The molecule has 13 N–H and O–H groups in total. The molecule has 35 nitrogen and oxygen atoms in total. The number of amides is 4. The Morgan fingerprint density at radius 2 is 1.10 bits per heavy atom. The van der Waals surface area contributed by atoms with Crippen molar-refractivity contribution in [1.82, 2.24) is 39.1 Å². The van der Waals surface area contributed by atoms with Crippen LogP contribution in [0, 0.1) is 28.0 Å². The lowest BCUT2D eigenvalue weighted by molar-refractivity contribution is -0.170. The van der Waals surface area contributed by atoms with Crippen LogP contribution in [0.3, 0.4) is 0 Å². The smallest absolute Gasteiger partial charge is 0.351 e. The molecule has 0 radical (unpaired) electrons. The highest BCUT2D eigenvalue weighted by molar-refractivity contribution is 8.00. The molecule has 9 saturated heterocycles. The van der Waals surface area contributed by atoms with Gasteiger partial charge in [-0.3, -0.25) is 42.7 Å². The predicted octanol–water partition coefficient (Wildman–Crippen LogP) is -0.333. The number of hydrogen-bond donors (Lipinski definition) is 10. The first-order chi connectivity index (χ1) is 45.8. The molecule has 18 atom stereocenters. The van der Waals surface area contributed by atoms with Crippen molar-refractivity contribution in [1.29, 1.82) is 0 Å². The van der Waals surface area contributed by atoms with Crippen LogP contribution in [0.15, 0.2) is 33.2 Å². The van der Waals surface area contributed by atoms with Gasteiger partial charge in [-0.1, -0.05) is 77.1 Å². The summed E-state index contributed by atoms with van der Waals surface area (Å²) in [4.78, 5) is 121. The number of rotatable bonds is 10. The number of nitrogens with one attached hydrogen (secondary N) is 1. The Balaban J connectivity index is 0.000000190. The number of piperidine rings is 3. The monoisotopic (exact) mass is 1430 g/mol. The highest BCUT2D eigenvalue weighted by Gasteiger charge is 2.53. The van der Waals surface area contributed by atoms with Gasteiger partial charge in [0.2, 0.25) is 34.9 Å². The predicted molar refractivity (Wildman–Crippen MR) is 347 cm³/mol. The molecular weight excluding hydrogens is 1340 g/mol. The third-order valence-corrected chi connectivity index (χ3v) is 20.8. The first kappa shape index (κ1) is 80.6. The Morgan fingerprint density at radius 1 is 0.663 bits per heavy atom. The van der Waals surface area contributed by atoms with E-state index in [0.717, 1.165) is 35.6 Å². The van der Waals surface area contributed by atoms with Crippen molar-refractivity contribution in [3.63, 3.8) is 0 Å². The van der Waals surface area contributed by atoms with E-state index in [9.17, 15) is 57.8 Å². The molecule has 2 aromatic heterocycles. The van der Waals surface area contributed by atoms with Crippen LogP contribution < -0.4 is 33.9 Å². The third-order valence-electron chi connectivity index (χ3n) is 19.0. The summed E-state index contributed by atoms with van der Waals surface area (Å²) >= 11 is 2.34. The third kappa shape index (κ3) is 19.4. The summed E-state index contributed by atoms with van der Waals surface area (Å²) in [5, 5.41) is 61.0. The number of nitrogen functional groups attached to an aromatic ring is 2. The summed E-state index contributed by atoms with van der Waals surface area (Å²) in [6, 6.07) is -0.479. The lowest BCUT2D eigenvalue weighted by Gasteiger charge is -2.45. The van der Waals surface area contributed by atoms with Gasteiger partial charge in [-0.05, 0) is 38.3 Å². The molecule has 0 bridgehead atoms. The van der Waals surface area contributed by atoms with E-state index in [1.807, 2.05) is 62.3 Å². The van der Waals surface area contributed by atoms with Crippen molar-refractivity contribution >= 4 is 76.1 Å². The minimum Gasteiger partial charge on any atom is -0.394 e. The number of likely N-dealkylation sites (tertiary alicyclic amines) is 3. The summed E-state index contributed by atoms with van der Waals surface area (Å²) in [6.07, 6.45) is -0.708. The SMILES string of the molecule is CC(=O)NC1CC(N2C(=O)CC(=O)C(C)(C)C2C)OC1CO.CC1COC(O)C1.CC1N(C2CC(N)C(CO)O2)C(=O)CC(=O)C1(C)C.CC1N(C2CC(N=[N+]=[N-])C(CO)O2)C(=O)CC(=O)C1(C)C.Nc1ccn(C2CSC(O)O2)c(=O)n1.Nc1nc(=O)n(C2CSC(O)O2)cc1F. The maximum atomic E-state index is 13.0. The van der Waals surface area contributed by atoms with Gasteiger partial charge in [-0.25, -0.2) is 14.0 Å². The number of carbonyl (C=O) groups excluding carboxylic acids is 7. The van der Waals surface area contributed by atoms with E-state index in [0.29, 0.717) is 36.7 Å². The van der Waals surface area contributed by atoms with Crippen LogP contribution in [-0.2, 0) is 62.0 Å². The fraction of sp³-hybridized carbons (Fsp3) is 0.750. The fourth-order valence-corrected chi connectivity index (χ4v) is 13.5. The van der Waals surface area contributed by atoms with Gasteiger partial charge in [0.1, 0.15) is 48.0 Å². The van der Waals surface area contributed by atoms with E-state index < -0.39 is 112 Å². The van der Waals surface area contributed by atoms with Crippen molar-refractivity contribution in [2.24, 2.45) is 33.0 Å². The normalized spacial score (nSPS) is 33.8. The molecule has 9 aliphatic heterocycles. The van der Waals surface area contributed by atoms with Crippen LogP contribution >= 0.6 is 23.5 Å². The zero-order valence-corrected chi connectivity index (χ0v) is 58.2. The molecule has 4 amide bonds. The Kier molecular flexibility index (Phi) is 28.3. The summed E-state index contributed by atoms with van der Waals surface area (Å²) < 4.78 is 47.2. The number of ketones is 3. The number of aliphatic hydroxyl groups is 6. The van der Waals surface area contributed by atoms with Gasteiger partial charge in [0.25, 0.3) is 0 Å². The van der Waals surface area contributed by atoms with Crippen molar-refractivity contribution in [3.05, 3.63) is 55.7 Å². The number of ether oxygens (including phenoxy) is 6. The van der Waals surface area contributed by atoms with E-state index in [1.54, 1.807) is 14.7 Å². The van der Waals surface area contributed by atoms with Crippen LogP contribution in [0.1, 0.15) is 134 Å². The van der Waals surface area contributed by atoms with Crippen molar-refractivity contribution in [3.8, 4) is 0 Å². The van der Waals surface area contributed by atoms with E-state index in [-0.39, 0.29) is 116 Å². The number of aliphatic hydroxyl groups excluding tert-OH is 6. The zero-order valence-electron chi connectivity index (χ0n) is 56.5. The molecule has 2 aromatic rings. The summed E-state index contributed by atoms with van der Waals surface area (Å²) in [5.41, 5.74) is 20.0. The largest absolute Gasteiger partial charge is 0.394 e. The standard InChI is InChI=1S/C15H24N2O5.C13H20N4O4.C13H22N2O4.C7H8FN3O3S.C7H9N3O3S.C5H10O2/c1-8-15(3,4)12(20)6-13(21)17(8)14-5-10(16-9(2)19)11(7-18)22-14;1-7-13(2,3)10(19)5-11(20)17(7)12-4-8(15-16-14)9(6-18)21-12;1-7-13(2,3)10(17)5-11(18)15(7)12-4-8(14)9(6-16)19-12;8-3-1-11(6(12)10-5(3)9)4-2-15-7(13)14-4;8-4-1-2-10(6(11)9-4)5-3-14-7(12)13-5;1-4-2-5(6)7-3-4/h8,10-11,14,18H,5-7H2,1-4H3,(H,16,19);7-9,12,18H,4-6H2,1-3H3;7-9,12,16H,4-6,14H2,1-3H3;1,4,7,13H,2H2,(H2,9,10,12);1-2,5,7,12H,3H2,(H2,8,9,11);4-6H,2-3H2,1H3. The van der Waals surface area contributed by atoms with Crippen LogP contribution in [0.25, 0.3) is 10.4 Å². The first-order valence-electron chi connectivity index (χ1n) is 31.8. The Morgan fingerprint density at radius 3 is 1.49 bits per heavy atom. The molecule has 0 aliphatic carbocycles. The second-order valence-corrected chi connectivity index (χ2v) is 28.7. The molecule has 11 heterocycles. The summed E-state index contributed by atoms with van der Waals surface area (Å²) in [5.74, 6) is -0.790. The molecule has 11 rings (SSSR count). The summed E-state index contributed by atoms with van der Waals surface area (Å²) in [7, 11) is 0. The molecule has 548 valence electrons. The molecular formula is C60H93FN14O21S2. The molecule has 0 aromatic carbocycles. The van der Waals surface area contributed by atoms with Crippen LogP contribution in [0.2, 0.25) is 0 Å². The lowest BCUT2D eigenvalue weighted by Crippen LogP contribution is -2.59. The molecule has 0 spiro atoms. The molecule has 0 saturated carbocycles. The van der Waals surface area contributed by atoms with Crippen LogP contribution in [0.5, 0.6) is 0 Å². The lowest BCUT2D eigenvalue weighted by atomic mass is 9.75. The number of carbonyl (C=O) groups is 7. The molecule has 9 aliphatic rings. The minimum absolute atomic E-state index is 0.0396. The number of nitrogens with zero attached hydrogens (tertiary/aromatic N) is 10. The molecule has 38 heteroatoms. The van der Waals surface area contributed by atoms with E-state index >= 15 is 0 Å². The van der Waals surface area contributed by atoms with Gasteiger partial charge in [0.05, 0.1) is 76.2 Å². The minimum atomic E-state index is -0.998. The average molecular weight is 1430 g/mol. The van der Waals surface area contributed by atoms with Gasteiger partial charge < -0.3 is 96.3 Å². The maximum Gasteiger partial charge on any atom is 0.351 e. The van der Waals surface area contributed by atoms with E-state index in [1.165, 1.54) is 35.5 Å². The number of aromatic nitrogens is 4. The van der Waals surface area contributed by atoms with Crippen molar-refractivity contribution < 1.29 is 97.0 Å². The second-order valence-electron chi connectivity index (χ2n) is 26.6. The highest BCUT2D eigenvalue weighted by atomic mass is 32.2. The van der Waals surface area contributed by atoms with Crippen LogP contribution in [-0.4, -0.2) is 234 Å². The quantitative estimate of drug-likeness (QED) is 0.0630. The number of hydrogen-bond acceptors (Lipinski definition) is 29. The second kappa shape index (κ2) is 34.4. The van der Waals surface area contributed by atoms with Gasteiger partial charge in [0, 0.05) is 95.6 Å². The van der Waals surface area contributed by atoms with Crippen LogP contribution in [0.4, 0.5) is 16.0 Å². The number of thioether (sulfide) groups is 2. The van der Waals surface area contributed by atoms with E-state index in [2.05, 4.69) is 32.2 Å². The number of nitrogens with two attached hydrogens (primary N) is 3. The molecule has 9 fully saturated rings. The average Bonchev–Trinajstić information content (AvgIpc) is 1.35. The Hall–Kier alpha value is -6.33. The number of anilines is 2. The Labute approximate surface area is 572 Å². The Bertz CT molecular complexity index is 3340. The van der Waals surface area contributed by atoms with E-state index in [4.69, 9.17) is 71.6 Å². The van der Waals surface area contributed by atoms with Crippen molar-refractivity contribution in [2.45, 2.75) is 224 Å². The number of halogens is 1. The van der Waals surface area contributed by atoms with Gasteiger partial charge in [0.15, 0.2) is 30.4 Å². The number of Topliss-reactive ketones (excluding diaryl/α,β-unsaturated/α-hetero) is 3. The highest BCUT2D eigenvalue weighted by Crippen LogP contribution is 2.41. The number of azide groups is 1. The maximum absolute atomic E-state index is 13.0.